The van der Waals surface area contributed by atoms with E-state index in [1.807, 2.05) is 30.3 Å². The average molecular weight is 273 g/mol. The molecule has 0 spiro atoms. The highest BCUT2D eigenvalue weighted by molar-refractivity contribution is 6.04. The fourth-order valence-corrected chi connectivity index (χ4v) is 3.29. The van der Waals surface area contributed by atoms with Crippen molar-refractivity contribution in [1.82, 2.24) is 4.90 Å². The van der Waals surface area contributed by atoms with Gasteiger partial charge < -0.3 is 4.90 Å². The van der Waals surface area contributed by atoms with Crippen molar-refractivity contribution in [2.45, 2.75) is 38.3 Å². The van der Waals surface area contributed by atoms with E-state index in [1.165, 1.54) is 29.1 Å². The van der Waals surface area contributed by atoms with E-state index in [4.69, 9.17) is 0 Å². The van der Waals surface area contributed by atoms with Gasteiger partial charge in [-0.25, -0.2) is 0 Å². The first kappa shape index (κ1) is 13.3. The highest BCUT2D eigenvalue weighted by atomic mass is 16.2. The number of hydrogen-bond donors (Lipinski definition) is 1. The van der Waals surface area contributed by atoms with Gasteiger partial charge in [0.05, 0.1) is 26.1 Å². The first-order chi connectivity index (χ1) is 9.75. The first-order valence-corrected chi connectivity index (χ1v) is 7.48. The molecular formula is C16H21N2O2+. The number of quaternary nitrogens is 1. The molecule has 2 aliphatic rings. The van der Waals surface area contributed by atoms with Gasteiger partial charge in [0.15, 0.2) is 6.04 Å². The molecule has 2 amide bonds. The van der Waals surface area contributed by atoms with Crippen LogP contribution in [-0.4, -0.2) is 35.8 Å². The third-order valence-corrected chi connectivity index (χ3v) is 4.42. The molecule has 1 aromatic carbocycles. The molecule has 2 heterocycles. The lowest BCUT2D eigenvalue weighted by atomic mass is 10.1. The Labute approximate surface area is 119 Å². The number of nitrogens with one attached hydrogen (secondary N) is 1. The number of benzene rings is 1. The Balaban J connectivity index is 1.70. The van der Waals surface area contributed by atoms with E-state index < -0.39 is 0 Å². The van der Waals surface area contributed by atoms with Gasteiger partial charge in [0.25, 0.3) is 5.91 Å². The summed E-state index contributed by atoms with van der Waals surface area (Å²) >= 11 is 0. The molecule has 20 heavy (non-hydrogen) atoms. The fraction of sp³-hybridized carbons (Fsp3) is 0.500. The molecule has 1 N–H and O–H groups in total. The summed E-state index contributed by atoms with van der Waals surface area (Å²) in [6.45, 7) is 2.48. The minimum atomic E-state index is -0.133. The molecule has 2 saturated heterocycles. The van der Waals surface area contributed by atoms with Crippen LogP contribution in [0.4, 0.5) is 0 Å². The number of carbonyl (C=O) groups excluding carboxylic acids is 2. The van der Waals surface area contributed by atoms with Crippen LogP contribution in [0.3, 0.4) is 0 Å². The molecule has 0 radical (unpaired) electrons. The summed E-state index contributed by atoms with van der Waals surface area (Å²) in [5.74, 6) is 0.0117. The zero-order valence-electron chi connectivity index (χ0n) is 11.7. The molecule has 106 valence electrons. The van der Waals surface area contributed by atoms with E-state index in [9.17, 15) is 9.59 Å². The van der Waals surface area contributed by atoms with Crippen LogP contribution in [0, 0.1) is 0 Å². The predicted octanol–water partition coefficient (Wildman–Crippen LogP) is 0.383. The summed E-state index contributed by atoms with van der Waals surface area (Å²) in [5.41, 5.74) is 1.02. The van der Waals surface area contributed by atoms with Crippen molar-refractivity contribution in [2.75, 3.05) is 13.1 Å². The van der Waals surface area contributed by atoms with Crippen molar-refractivity contribution in [3.05, 3.63) is 35.9 Å². The Kier molecular flexibility index (Phi) is 3.83. The molecule has 4 heteroatoms. The van der Waals surface area contributed by atoms with Gasteiger partial charge in [-0.2, -0.15) is 0 Å². The molecule has 0 aliphatic carbocycles. The van der Waals surface area contributed by atoms with Gasteiger partial charge in [-0.05, 0) is 24.8 Å². The molecule has 2 fully saturated rings. The van der Waals surface area contributed by atoms with Gasteiger partial charge in [-0.15, -0.1) is 0 Å². The molecule has 0 bridgehead atoms. The van der Waals surface area contributed by atoms with Gasteiger partial charge in [0.2, 0.25) is 5.91 Å². The van der Waals surface area contributed by atoms with Crippen molar-refractivity contribution >= 4 is 11.8 Å². The highest BCUT2D eigenvalue weighted by Crippen LogP contribution is 2.15. The van der Waals surface area contributed by atoms with Crippen molar-refractivity contribution in [3.8, 4) is 0 Å². The molecule has 2 aliphatic heterocycles. The number of imide groups is 1. The second-order valence-electron chi connectivity index (χ2n) is 5.78. The monoisotopic (exact) mass is 273 g/mol. The zero-order chi connectivity index (χ0) is 13.9. The lowest BCUT2D eigenvalue weighted by Crippen LogP contribution is -3.17. The van der Waals surface area contributed by atoms with Gasteiger partial charge in [-0.3, -0.25) is 14.5 Å². The van der Waals surface area contributed by atoms with Crippen molar-refractivity contribution in [1.29, 1.82) is 0 Å². The normalized spacial score (nSPS) is 24.4. The van der Waals surface area contributed by atoms with Crippen molar-refractivity contribution < 1.29 is 14.5 Å². The van der Waals surface area contributed by atoms with Crippen LogP contribution in [0.5, 0.6) is 0 Å². The molecule has 0 aromatic heterocycles. The minimum absolute atomic E-state index is 0.0121. The molecular weight excluding hydrogens is 252 g/mol. The maximum absolute atomic E-state index is 12.5. The Bertz CT molecular complexity index is 494. The lowest BCUT2D eigenvalue weighted by Gasteiger charge is -2.27. The SMILES string of the molecule is O=C1CC([NH+]2CCCCC2)C(=O)N1Cc1ccccc1. The van der Waals surface area contributed by atoms with E-state index in [2.05, 4.69) is 0 Å². The topological polar surface area (TPSA) is 41.8 Å². The van der Waals surface area contributed by atoms with Crippen LogP contribution in [0.15, 0.2) is 30.3 Å². The number of rotatable bonds is 3. The minimum Gasteiger partial charge on any atom is -0.324 e. The molecule has 4 nitrogen and oxygen atoms in total. The number of piperidine rings is 1. The van der Waals surface area contributed by atoms with E-state index in [0.29, 0.717) is 13.0 Å². The van der Waals surface area contributed by atoms with Crippen LogP contribution in [0.1, 0.15) is 31.2 Å². The van der Waals surface area contributed by atoms with Crippen molar-refractivity contribution in [2.24, 2.45) is 0 Å². The predicted molar refractivity (Wildman–Crippen MR) is 75.0 cm³/mol. The number of nitrogens with zero attached hydrogens (tertiary/aromatic N) is 1. The molecule has 1 atom stereocenters. The number of hydrogen-bond acceptors (Lipinski definition) is 2. The third kappa shape index (κ3) is 2.61. The summed E-state index contributed by atoms with van der Waals surface area (Å²) in [6.07, 6.45) is 3.99. The molecule has 3 rings (SSSR count). The zero-order valence-corrected chi connectivity index (χ0v) is 11.7. The van der Waals surface area contributed by atoms with Gasteiger partial charge in [0.1, 0.15) is 0 Å². The Hall–Kier alpha value is -1.68. The van der Waals surface area contributed by atoms with E-state index >= 15 is 0 Å². The Morgan fingerprint density at radius 3 is 2.45 bits per heavy atom. The van der Waals surface area contributed by atoms with E-state index in [-0.39, 0.29) is 17.9 Å². The standard InChI is InChI=1S/C16H20N2O2/c19-15-11-14(17-9-5-2-6-10-17)16(20)18(15)12-13-7-3-1-4-8-13/h1,3-4,7-8,14H,2,5-6,9-12H2/p+1. The van der Waals surface area contributed by atoms with Crippen LogP contribution in [0.25, 0.3) is 0 Å². The van der Waals surface area contributed by atoms with Crippen molar-refractivity contribution in [3.63, 3.8) is 0 Å². The van der Waals surface area contributed by atoms with E-state index in [1.54, 1.807) is 0 Å². The molecule has 1 aromatic rings. The third-order valence-electron chi connectivity index (χ3n) is 4.42. The Morgan fingerprint density at radius 1 is 1.05 bits per heavy atom. The number of carbonyl (C=O) groups is 2. The summed E-state index contributed by atoms with van der Waals surface area (Å²) < 4.78 is 0. The fourth-order valence-electron chi connectivity index (χ4n) is 3.29. The van der Waals surface area contributed by atoms with Gasteiger partial charge in [0, 0.05) is 0 Å². The second-order valence-corrected chi connectivity index (χ2v) is 5.78. The van der Waals surface area contributed by atoms with Gasteiger partial charge >= 0.3 is 0 Å². The quantitative estimate of drug-likeness (QED) is 0.809. The maximum atomic E-state index is 12.5. The first-order valence-electron chi connectivity index (χ1n) is 7.48. The second kappa shape index (κ2) is 5.75. The van der Waals surface area contributed by atoms with Crippen LogP contribution in [-0.2, 0) is 16.1 Å². The average Bonchev–Trinajstić information content (AvgIpc) is 2.77. The summed E-state index contributed by atoms with van der Waals surface area (Å²) in [7, 11) is 0. The molecule has 0 saturated carbocycles. The summed E-state index contributed by atoms with van der Waals surface area (Å²) in [5, 5.41) is 0. The van der Waals surface area contributed by atoms with Crippen LogP contribution < -0.4 is 4.90 Å². The number of amides is 2. The lowest BCUT2D eigenvalue weighted by molar-refractivity contribution is -0.919. The Morgan fingerprint density at radius 2 is 1.75 bits per heavy atom. The summed E-state index contributed by atoms with van der Waals surface area (Å²) in [4.78, 5) is 27.4. The maximum Gasteiger partial charge on any atom is 0.288 e. The molecule has 1 unspecified atom stereocenters. The number of likely N-dealkylation sites (tertiary alicyclic amines) is 2. The highest BCUT2D eigenvalue weighted by Gasteiger charge is 2.44. The largest absolute Gasteiger partial charge is 0.324 e. The van der Waals surface area contributed by atoms with E-state index in [0.717, 1.165) is 18.7 Å². The van der Waals surface area contributed by atoms with Crippen LogP contribution in [0.2, 0.25) is 0 Å². The summed E-state index contributed by atoms with van der Waals surface area (Å²) in [6, 6.07) is 9.61. The van der Waals surface area contributed by atoms with Crippen LogP contribution >= 0.6 is 0 Å². The van der Waals surface area contributed by atoms with Gasteiger partial charge in [-0.1, -0.05) is 30.3 Å². The smallest absolute Gasteiger partial charge is 0.288 e.